The molecule has 7 nitrogen and oxygen atoms in total. The number of anilines is 2. The van der Waals surface area contributed by atoms with Crippen LogP contribution in [0.4, 0.5) is 11.5 Å². The molecule has 3 heterocycles. The quantitative estimate of drug-likeness (QED) is 0.327. The predicted octanol–water partition coefficient (Wildman–Crippen LogP) is 5.03. The molecule has 0 unspecified atom stereocenters. The van der Waals surface area contributed by atoms with E-state index in [1.54, 1.807) is 0 Å². The van der Waals surface area contributed by atoms with Gasteiger partial charge in [0.1, 0.15) is 11.4 Å². The van der Waals surface area contributed by atoms with Gasteiger partial charge in [0.15, 0.2) is 0 Å². The van der Waals surface area contributed by atoms with Gasteiger partial charge in [-0.2, -0.15) is 0 Å². The lowest BCUT2D eigenvalue weighted by Crippen LogP contribution is -2.29. The SMILES string of the molecule is CC(C)(C)OC(=O)CCCCCNc1nc2cc(N3CCc4sccc4C3)ccc2nc1CN. The Morgan fingerprint density at radius 3 is 2.82 bits per heavy atom. The second-order valence-corrected chi connectivity index (χ2v) is 10.8. The van der Waals surface area contributed by atoms with E-state index < -0.39 is 5.60 Å². The fraction of sp³-hybridized carbons (Fsp3) is 0.500. The molecule has 1 aliphatic heterocycles. The van der Waals surface area contributed by atoms with Gasteiger partial charge in [-0.3, -0.25) is 4.79 Å². The van der Waals surface area contributed by atoms with Crippen LogP contribution in [0.2, 0.25) is 0 Å². The number of nitrogens with zero attached hydrogens (tertiary/aromatic N) is 3. The lowest BCUT2D eigenvalue weighted by atomic mass is 10.1. The highest BCUT2D eigenvalue weighted by Crippen LogP contribution is 2.29. The van der Waals surface area contributed by atoms with Crippen molar-refractivity contribution >= 4 is 39.8 Å². The van der Waals surface area contributed by atoms with Gasteiger partial charge in [0.05, 0.1) is 16.7 Å². The number of thiophene rings is 1. The molecular weight excluding hydrogens is 446 g/mol. The normalized spacial score (nSPS) is 13.7. The lowest BCUT2D eigenvalue weighted by Gasteiger charge is -2.29. The van der Waals surface area contributed by atoms with Gasteiger partial charge in [-0.15, -0.1) is 11.3 Å². The van der Waals surface area contributed by atoms with Crippen molar-refractivity contribution < 1.29 is 9.53 Å². The Morgan fingerprint density at radius 2 is 2.03 bits per heavy atom. The molecule has 0 radical (unpaired) electrons. The largest absolute Gasteiger partial charge is 0.460 e. The van der Waals surface area contributed by atoms with Crippen molar-refractivity contribution in [2.75, 3.05) is 23.3 Å². The molecule has 3 N–H and O–H groups in total. The van der Waals surface area contributed by atoms with E-state index in [1.807, 2.05) is 38.2 Å². The number of hydrogen-bond acceptors (Lipinski definition) is 8. The second kappa shape index (κ2) is 10.7. The van der Waals surface area contributed by atoms with Crippen molar-refractivity contribution in [1.82, 2.24) is 9.97 Å². The Hall–Kier alpha value is -2.71. The third kappa shape index (κ3) is 6.24. The maximum absolute atomic E-state index is 11.8. The molecule has 0 bridgehead atoms. The van der Waals surface area contributed by atoms with E-state index in [9.17, 15) is 4.79 Å². The molecule has 0 spiro atoms. The number of rotatable bonds is 9. The summed E-state index contributed by atoms with van der Waals surface area (Å²) in [5.41, 5.74) is 10.6. The molecule has 3 aromatic rings. The van der Waals surface area contributed by atoms with Crippen molar-refractivity contribution in [1.29, 1.82) is 0 Å². The number of benzene rings is 1. The number of carbonyl (C=O) groups excluding carboxylic acids is 1. The zero-order valence-corrected chi connectivity index (χ0v) is 21.2. The van der Waals surface area contributed by atoms with Crippen LogP contribution in [0.3, 0.4) is 0 Å². The van der Waals surface area contributed by atoms with Crippen molar-refractivity contribution in [2.45, 2.75) is 71.6 Å². The number of nitrogens with two attached hydrogens (primary N) is 1. The minimum Gasteiger partial charge on any atom is -0.460 e. The second-order valence-electron chi connectivity index (χ2n) is 9.76. The topological polar surface area (TPSA) is 93.4 Å². The van der Waals surface area contributed by atoms with Crippen LogP contribution in [0.25, 0.3) is 11.0 Å². The monoisotopic (exact) mass is 481 g/mol. The van der Waals surface area contributed by atoms with Gasteiger partial charge < -0.3 is 20.7 Å². The maximum atomic E-state index is 11.8. The number of hydrogen-bond donors (Lipinski definition) is 2. The van der Waals surface area contributed by atoms with Crippen molar-refractivity contribution in [3.05, 3.63) is 45.8 Å². The number of nitrogens with one attached hydrogen (secondary N) is 1. The van der Waals surface area contributed by atoms with E-state index >= 15 is 0 Å². The van der Waals surface area contributed by atoms with Gasteiger partial charge in [-0.1, -0.05) is 6.42 Å². The average molecular weight is 482 g/mol. The molecule has 0 aliphatic carbocycles. The molecule has 0 fully saturated rings. The molecular formula is C26H35N5O2S. The van der Waals surface area contributed by atoms with Gasteiger partial charge in [0, 0.05) is 43.2 Å². The Bertz CT molecular complexity index is 1140. The molecule has 0 amide bonds. The first-order valence-corrected chi connectivity index (χ1v) is 13.0. The van der Waals surface area contributed by atoms with Crippen LogP contribution in [-0.2, 0) is 29.0 Å². The zero-order valence-electron chi connectivity index (χ0n) is 20.4. The van der Waals surface area contributed by atoms with Crippen LogP contribution in [-0.4, -0.2) is 34.6 Å². The Labute approximate surface area is 205 Å². The first-order chi connectivity index (χ1) is 16.3. The average Bonchev–Trinajstić information content (AvgIpc) is 3.27. The van der Waals surface area contributed by atoms with E-state index in [2.05, 4.69) is 33.8 Å². The van der Waals surface area contributed by atoms with E-state index in [-0.39, 0.29) is 5.97 Å². The molecule has 2 aromatic heterocycles. The van der Waals surface area contributed by atoms with E-state index in [0.29, 0.717) is 13.0 Å². The summed E-state index contributed by atoms with van der Waals surface area (Å²) >= 11 is 1.85. The minimum atomic E-state index is -0.424. The third-order valence-electron chi connectivity index (χ3n) is 5.86. The number of fused-ring (bicyclic) bond motifs is 2. The van der Waals surface area contributed by atoms with E-state index in [0.717, 1.165) is 67.9 Å². The summed E-state index contributed by atoms with van der Waals surface area (Å²) in [5, 5.41) is 5.59. The van der Waals surface area contributed by atoms with Crippen molar-refractivity contribution in [3.8, 4) is 0 Å². The Morgan fingerprint density at radius 1 is 1.18 bits per heavy atom. The fourth-order valence-corrected chi connectivity index (χ4v) is 5.09. The molecule has 0 saturated carbocycles. The summed E-state index contributed by atoms with van der Waals surface area (Å²) in [6.45, 7) is 8.72. The summed E-state index contributed by atoms with van der Waals surface area (Å²) in [5.74, 6) is 0.615. The molecule has 34 heavy (non-hydrogen) atoms. The zero-order chi connectivity index (χ0) is 24.1. The van der Waals surface area contributed by atoms with Gasteiger partial charge in [0.25, 0.3) is 0 Å². The molecule has 182 valence electrons. The molecule has 1 aliphatic rings. The fourth-order valence-electron chi connectivity index (χ4n) is 4.20. The van der Waals surface area contributed by atoms with E-state index in [4.69, 9.17) is 20.4 Å². The van der Waals surface area contributed by atoms with Crippen LogP contribution in [0.1, 0.15) is 62.6 Å². The standard InChI is InChI=1S/C26H35N5O2S/c1-26(2,3)33-24(32)7-5-4-6-12-28-25-22(16-27)29-20-9-8-19(15-21(20)30-25)31-13-10-23-18(17-31)11-14-34-23/h8-9,11,14-15H,4-7,10,12-13,16-17,27H2,1-3H3,(H,28,30). The number of aromatic nitrogens is 2. The third-order valence-corrected chi connectivity index (χ3v) is 6.88. The summed E-state index contributed by atoms with van der Waals surface area (Å²) in [7, 11) is 0. The maximum Gasteiger partial charge on any atom is 0.306 e. The lowest BCUT2D eigenvalue weighted by molar-refractivity contribution is -0.154. The van der Waals surface area contributed by atoms with Crippen LogP contribution in [0, 0.1) is 0 Å². The highest BCUT2D eigenvalue weighted by molar-refractivity contribution is 7.10. The Balaban J connectivity index is 1.35. The number of ether oxygens (including phenoxy) is 1. The van der Waals surface area contributed by atoms with Gasteiger partial charge >= 0.3 is 5.97 Å². The highest BCUT2D eigenvalue weighted by Gasteiger charge is 2.19. The van der Waals surface area contributed by atoms with Crippen LogP contribution >= 0.6 is 11.3 Å². The van der Waals surface area contributed by atoms with Crippen LogP contribution in [0.5, 0.6) is 0 Å². The van der Waals surface area contributed by atoms with E-state index in [1.165, 1.54) is 16.1 Å². The smallest absolute Gasteiger partial charge is 0.306 e. The number of unbranched alkanes of at least 4 members (excludes halogenated alkanes) is 2. The molecule has 1 aromatic carbocycles. The van der Waals surface area contributed by atoms with Gasteiger partial charge in [-0.05, 0) is 75.2 Å². The predicted molar refractivity (Wildman–Crippen MR) is 139 cm³/mol. The first kappa shape index (κ1) is 24.4. The first-order valence-electron chi connectivity index (χ1n) is 12.1. The number of carbonyl (C=O) groups is 1. The summed E-state index contributed by atoms with van der Waals surface area (Å²) in [6, 6.07) is 8.54. The molecule has 8 heteroatoms. The van der Waals surface area contributed by atoms with Gasteiger partial charge in [-0.25, -0.2) is 9.97 Å². The molecule has 0 saturated heterocycles. The van der Waals surface area contributed by atoms with Gasteiger partial charge in [0.2, 0.25) is 0 Å². The number of esters is 1. The summed E-state index contributed by atoms with van der Waals surface area (Å²) in [6.07, 6.45) is 4.23. The molecule has 4 rings (SSSR count). The summed E-state index contributed by atoms with van der Waals surface area (Å²) < 4.78 is 5.36. The van der Waals surface area contributed by atoms with Crippen LogP contribution in [0.15, 0.2) is 29.6 Å². The van der Waals surface area contributed by atoms with Crippen LogP contribution < -0.4 is 16.0 Å². The highest BCUT2D eigenvalue weighted by atomic mass is 32.1. The van der Waals surface area contributed by atoms with Crippen molar-refractivity contribution in [3.63, 3.8) is 0 Å². The Kier molecular flexibility index (Phi) is 7.68. The summed E-state index contributed by atoms with van der Waals surface area (Å²) in [4.78, 5) is 25.4. The minimum absolute atomic E-state index is 0.133. The van der Waals surface area contributed by atoms with Crippen molar-refractivity contribution in [2.24, 2.45) is 5.73 Å². The molecule has 0 atom stereocenters.